The van der Waals surface area contributed by atoms with E-state index < -0.39 is 0 Å². The molecule has 0 N–H and O–H groups in total. The monoisotopic (exact) mass is 238 g/mol. The zero-order valence-electron chi connectivity index (χ0n) is 11.1. The smallest absolute Gasteiger partial charge is 0.137 e. The number of rotatable bonds is 1. The van der Waals surface area contributed by atoms with Crippen molar-refractivity contribution >= 4 is 10.9 Å². The molecule has 92 valence electrons. The van der Waals surface area contributed by atoms with Crippen LogP contribution in [0.3, 0.4) is 0 Å². The van der Waals surface area contributed by atoms with Crippen molar-refractivity contribution in [3.05, 3.63) is 60.4 Å². The van der Waals surface area contributed by atoms with Crippen molar-refractivity contribution in [1.29, 1.82) is 0 Å². The van der Waals surface area contributed by atoms with Gasteiger partial charge in [-0.1, -0.05) is 32.0 Å². The maximum atomic E-state index is 4.36. The highest BCUT2D eigenvalue weighted by Crippen LogP contribution is 2.20. The maximum Gasteiger partial charge on any atom is 0.137 e. The Kier molecular flexibility index (Phi) is 3.78. The lowest BCUT2D eigenvalue weighted by atomic mass is 10.2. The van der Waals surface area contributed by atoms with Crippen LogP contribution in [-0.4, -0.2) is 9.55 Å². The van der Waals surface area contributed by atoms with Crippen LogP contribution in [0, 0.1) is 6.92 Å². The van der Waals surface area contributed by atoms with Crippen LogP contribution in [-0.2, 0) is 0 Å². The molecule has 0 atom stereocenters. The Bertz CT molecular complexity index is 624. The molecule has 0 saturated carbocycles. The minimum Gasteiger partial charge on any atom is -0.301 e. The van der Waals surface area contributed by atoms with Crippen LogP contribution in [0.25, 0.3) is 16.7 Å². The number of aryl methyl sites for hydroxylation is 1. The van der Waals surface area contributed by atoms with E-state index in [-0.39, 0.29) is 0 Å². The molecule has 3 aromatic rings. The number of aromatic nitrogens is 2. The molecule has 0 fully saturated rings. The Labute approximate surface area is 108 Å². The van der Waals surface area contributed by atoms with E-state index in [2.05, 4.69) is 46.9 Å². The molecule has 3 rings (SSSR count). The van der Waals surface area contributed by atoms with Gasteiger partial charge in [0.05, 0.1) is 5.52 Å². The maximum absolute atomic E-state index is 4.36. The molecule has 2 heterocycles. The van der Waals surface area contributed by atoms with Gasteiger partial charge in [0.15, 0.2) is 0 Å². The average Bonchev–Trinajstić information content (AvgIpc) is 2.85. The van der Waals surface area contributed by atoms with Gasteiger partial charge in [-0.25, -0.2) is 4.98 Å². The van der Waals surface area contributed by atoms with Gasteiger partial charge in [-0.2, -0.15) is 0 Å². The van der Waals surface area contributed by atoms with Crippen LogP contribution in [0.5, 0.6) is 0 Å². The molecule has 2 nitrogen and oxygen atoms in total. The van der Waals surface area contributed by atoms with E-state index in [4.69, 9.17) is 0 Å². The summed E-state index contributed by atoms with van der Waals surface area (Å²) < 4.78 is 2.11. The number of hydrogen-bond acceptors (Lipinski definition) is 1. The first-order valence-corrected chi connectivity index (χ1v) is 6.34. The van der Waals surface area contributed by atoms with E-state index >= 15 is 0 Å². The van der Waals surface area contributed by atoms with Gasteiger partial charge in [-0.15, -0.1) is 0 Å². The largest absolute Gasteiger partial charge is 0.301 e. The van der Waals surface area contributed by atoms with Crippen molar-refractivity contribution in [2.75, 3.05) is 0 Å². The van der Waals surface area contributed by atoms with Gasteiger partial charge in [0, 0.05) is 17.8 Å². The molecule has 0 amide bonds. The highest BCUT2D eigenvalue weighted by molar-refractivity contribution is 5.82. The van der Waals surface area contributed by atoms with Crippen molar-refractivity contribution in [2.24, 2.45) is 0 Å². The second-order valence-corrected chi connectivity index (χ2v) is 3.94. The first-order valence-electron chi connectivity index (χ1n) is 6.34. The number of pyridine rings is 1. The molecule has 1 aromatic carbocycles. The number of nitrogens with zero attached hydrogens (tertiary/aromatic N) is 2. The Morgan fingerprint density at radius 1 is 1.00 bits per heavy atom. The average molecular weight is 238 g/mol. The summed E-state index contributed by atoms with van der Waals surface area (Å²) in [4.78, 5) is 4.36. The van der Waals surface area contributed by atoms with Crippen molar-refractivity contribution in [2.45, 2.75) is 20.8 Å². The Hall–Kier alpha value is -2.09. The number of benzene rings is 1. The molecule has 2 aromatic heterocycles. The van der Waals surface area contributed by atoms with Crippen LogP contribution in [0.2, 0.25) is 0 Å². The highest BCUT2D eigenvalue weighted by Gasteiger charge is 2.03. The zero-order chi connectivity index (χ0) is 13.0. The third-order valence-corrected chi connectivity index (χ3v) is 2.74. The van der Waals surface area contributed by atoms with Crippen LogP contribution in [0.15, 0.2) is 54.9 Å². The predicted molar refractivity (Wildman–Crippen MR) is 77.2 cm³/mol. The number of fused-ring (bicyclic) bond motifs is 1. The molecule has 0 spiro atoms. The van der Waals surface area contributed by atoms with E-state index in [9.17, 15) is 0 Å². The second-order valence-electron chi connectivity index (χ2n) is 3.94. The molecule has 0 bridgehead atoms. The fourth-order valence-corrected chi connectivity index (χ4v) is 1.93. The van der Waals surface area contributed by atoms with E-state index in [1.54, 1.807) is 0 Å². The number of hydrogen-bond donors (Lipinski definition) is 0. The lowest BCUT2D eigenvalue weighted by molar-refractivity contribution is 1.04. The topological polar surface area (TPSA) is 17.8 Å². The van der Waals surface area contributed by atoms with Crippen molar-refractivity contribution < 1.29 is 0 Å². The third-order valence-electron chi connectivity index (χ3n) is 2.74. The lowest BCUT2D eigenvalue weighted by Gasteiger charge is -2.04. The molecule has 0 saturated heterocycles. The third kappa shape index (κ3) is 2.28. The molecule has 18 heavy (non-hydrogen) atoms. The zero-order valence-corrected chi connectivity index (χ0v) is 11.1. The van der Waals surface area contributed by atoms with Gasteiger partial charge in [0.25, 0.3) is 0 Å². The van der Waals surface area contributed by atoms with Gasteiger partial charge in [0.2, 0.25) is 0 Å². The van der Waals surface area contributed by atoms with E-state index in [0.29, 0.717) is 0 Å². The summed E-state index contributed by atoms with van der Waals surface area (Å²) >= 11 is 0. The normalized spacial score (nSPS) is 9.94. The second kappa shape index (κ2) is 5.50. The van der Waals surface area contributed by atoms with Gasteiger partial charge in [-0.3, -0.25) is 0 Å². The minimum atomic E-state index is 0.961. The highest BCUT2D eigenvalue weighted by atomic mass is 15.0. The lowest BCUT2D eigenvalue weighted by Crippen LogP contribution is -1.94. The molecule has 0 unspecified atom stereocenters. The molecule has 2 heteroatoms. The van der Waals surface area contributed by atoms with Gasteiger partial charge < -0.3 is 4.57 Å². The first-order chi connectivity index (χ1) is 8.84. The Morgan fingerprint density at radius 2 is 1.83 bits per heavy atom. The van der Waals surface area contributed by atoms with Crippen LogP contribution in [0.1, 0.15) is 19.4 Å². The molecule has 0 radical (unpaired) electrons. The summed E-state index contributed by atoms with van der Waals surface area (Å²) in [6.45, 7) is 6.11. The van der Waals surface area contributed by atoms with E-state index in [1.165, 1.54) is 16.5 Å². The van der Waals surface area contributed by atoms with Gasteiger partial charge >= 0.3 is 0 Å². The predicted octanol–water partition coefficient (Wildman–Crippen LogP) is 4.36. The van der Waals surface area contributed by atoms with Crippen molar-refractivity contribution in [3.63, 3.8) is 0 Å². The summed E-state index contributed by atoms with van der Waals surface area (Å²) in [6.07, 6.45) is 3.88. The molecular formula is C16H18N2. The summed E-state index contributed by atoms with van der Waals surface area (Å²) in [5.74, 6) is 0.961. The van der Waals surface area contributed by atoms with Gasteiger partial charge in [-0.05, 0) is 36.8 Å². The molecule has 0 aliphatic rings. The standard InChI is InChI=1S/C14H12N2.C2H6/c1-11-5-6-12-7-9-16(13(12)10-11)14-4-2-3-8-15-14;1-2/h2-10H,1H3;1-2H3. The fraction of sp³-hybridized carbons (Fsp3) is 0.188. The van der Waals surface area contributed by atoms with Crippen molar-refractivity contribution in [1.82, 2.24) is 9.55 Å². The SMILES string of the molecule is CC.Cc1ccc2ccn(-c3ccccn3)c2c1. The molecule has 0 aliphatic carbocycles. The first kappa shape index (κ1) is 12.4. The molecular weight excluding hydrogens is 220 g/mol. The Balaban J connectivity index is 0.000000574. The summed E-state index contributed by atoms with van der Waals surface area (Å²) in [5.41, 5.74) is 2.47. The fourth-order valence-electron chi connectivity index (χ4n) is 1.93. The van der Waals surface area contributed by atoms with Crippen LogP contribution < -0.4 is 0 Å². The summed E-state index contributed by atoms with van der Waals surface area (Å²) in [5, 5.41) is 1.25. The Morgan fingerprint density at radius 3 is 2.56 bits per heavy atom. The van der Waals surface area contributed by atoms with E-state index in [1.807, 2.05) is 38.2 Å². The quantitative estimate of drug-likeness (QED) is 0.616. The summed E-state index contributed by atoms with van der Waals surface area (Å²) in [6, 6.07) is 14.5. The van der Waals surface area contributed by atoms with Crippen molar-refractivity contribution in [3.8, 4) is 5.82 Å². The van der Waals surface area contributed by atoms with Crippen LogP contribution in [0.4, 0.5) is 0 Å². The van der Waals surface area contributed by atoms with Gasteiger partial charge in [0.1, 0.15) is 5.82 Å². The van der Waals surface area contributed by atoms with Crippen LogP contribution >= 0.6 is 0 Å². The summed E-state index contributed by atoms with van der Waals surface area (Å²) in [7, 11) is 0. The molecule has 0 aliphatic heterocycles. The van der Waals surface area contributed by atoms with E-state index in [0.717, 1.165) is 5.82 Å². The minimum absolute atomic E-state index is 0.961.